The van der Waals surface area contributed by atoms with Crippen molar-refractivity contribution in [2.75, 3.05) is 7.05 Å². The fourth-order valence-corrected chi connectivity index (χ4v) is 2.90. The van der Waals surface area contributed by atoms with Gasteiger partial charge in [0.15, 0.2) is 0 Å². The number of amides is 2. The second-order valence-corrected chi connectivity index (χ2v) is 6.33. The Morgan fingerprint density at radius 2 is 2.00 bits per heavy atom. The van der Waals surface area contributed by atoms with Crippen molar-refractivity contribution in [3.05, 3.63) is 34.3 Å². The number of carbonyl (C=O) groups is 2. The van der Waals surface area contributed by atoms with Crippen LogP contribution in [0.4, 0.5) is 4.79 Å². The van der Waals surface area contributed by atoms with Crippen molar-refractivity contribution in [2.45, 2.75) is 31.8 Å². The molecule has 1 aromatic rings. The molecule has 21 heavy (non-hydrogen) atoms. The third-order valence-corrected chi connectivity index (χ3v) is 4.35. The first-order valence-corrected chi connectivity index (χ1v) is 7.75. The van der Waals surface area contributed by atoms with E-state index in [0.29, 0.717) is 13.0 Å². The van der Waals surface area contributed by atoms with E-state index in [4.69, 9.17) is 5.11 Å². The molecule has 2 unspecified atom stereocenters. The summed E-state index contributed by atoms with van der Waals surface area (Å²) < 4.78 is 0.994. The van der Waals surface area contributed by atoms with Crippen molar-refractivity contribution >= 4 is 27.9 Å². The summed E-state index contributed by atoms with van der Waals surface area (Å²) in [5, 5.41) is 12.0. The Hall–Kier alpha value is -1.56. The van der Waals surface area contributed by atoms with Gasteiger partial charge in [-0.1, -0.05) is 34.5 Å². The number of aliphatic carboxylic acids is 1. The number of halogens is 1. The summed E-state index contributed by atoms with van der Waals surface area (Å²) in [6, 6.07) is 7.27. The molecule has 1 fully saturated rings. The maximum absolute atomic E-state index is 12.2. The summed E-state index contributed by atoms with van der Waals surface area (Å²) in [5.74, 6) is -1.29. The van der Waals surface area contributed by atoms with Gasteiger partial charge in [-0.25, -0.2) is 4.79 Å². The van der Waals surface area contributed by atoms with Gasteiger partial charge in [0.05, 0.1) is 5.92 Å². The van der Waals surface area contributed by atoms with Crippen molar-refractivity contribution in [3.63, 3.8) is 0 Å². The molecule has 2 atom stereocenters. The average molecular weight is 355 g/mol. The largest absolute Gasteiger partial charge is 0.481 e. The molecule has 0 heterocycles. The number of hydrogen-bond donors (Lipinski definition) is 2. The predicted octanol–water partition coefficient (Wildman–Crippen LogP) is 2.84. The number of hydrogen-bond acceptors (Lipinski definition) is 2. The zero-order valence-corrected chi connectivity index (χ0v) is 13.5. The smallest absolute Gasteiger partial charge is 0.317 e. The van der Waals surface area contributed by atoms with Gasteiger partial charge in [0.1, 0.15) is 0 Å². The minimum absolute atomic E-state index is 0.226. The molecule has 2 rings (SSSR count). The van der Waals surface area contributed by atoms with Crippen LogP contribution in [-0.4, -0.2) is 35.1 Å². The molecule has 0 aliphatic heterocycles. The van der Waals surface area contributed by atoms with E-state index in [1.807, 2.05) is 24.3 Å². The topological polar surface area (TPSA) is 69.6 Å². The monoisotopic (exact) mass is 354 g/mol. The van der Waals surface area contributed by atoms with Gasteiger partial charge in [-0.2, -0.15) is 0 Å². The Morgan fingerprint density at radius 3 is 2.62 bits per heavy atom. The lowest BCUT2D eigenvalue weighted by Gasteiger charge is -2.23. The molecule has 1 aliphatic carbocycles. The van der Waals surface area contributed by atoms with Crippen molar-refractivity contribution in [2.24, 2.45) is 5.92 Å². The molecule has 6 heteroatoms. The Morgan fingerprint density at radius 1 is 1.33 bits per heavy atom. The second kappa shape index (κ2) is 6.93. The third kappa shape index (κ3) is 4.20. The molecule has 1 saturated carbocycles. The molecule has 114 valence electrons. The highest BCUT2D eigenvalue weighted by molar-refractivity contribution is 9.10. The van der Waals surface area contributed by atoms with Gasteiger partial charge >= 0.3 is 12.0 Å². The molecule has 0 spiro atoms. The van der Waals surface area contributed by atoms with E-state index in [9.17, 15) is 9.59 Å². The Kier molecular flexibility index (Phi) is 5.22. The zero-order chi connectivity index (χ0) is 15.4. The molecule has 0 radical (unpaired) electrons. The summed E-state index contributed by atoms with van der Waals surface area (Å²) in [6.45, 7) is 0.490. The van der Waals surface area contributed by atoms with E-state index >= 15 is 0 Å². The van der Waals surface area contributed by atoms with Crippen molar-refractivity contribution in [1.29, 1.82) is 0 Å². The van der Waals surface area contributed by atoms with Gasteiger partial charge < -0.3 is 15.3 Å². The van der Waals surface area contributed by atoms with Crippen LogP contribution in [0.2, 0.25) is 0 Å². The van der Waals surface area contributed by atoms with Crippen LogP contribution in [0, 0.1) is 5.92 Å². The second-order valence-electron chi connectivity index (χ2n) is 5.41. The highest BCUT2D eigenvalue weighted by atomic mass is 79.9. The summed E-state index contributed by atoms with van der Waals surface area (Å²) >= 11 is 3.37. The molecule has 0 aromatic heterocycles. The number of carboxylic acids is 1. The van der Waals surface area contributed by atoms with Gasteiger partial charge in [-0.3, -0.25) is 4.79 Å². The molecule has 2 N–H and O–H groups in total. The standard InChI is InChI=1S/C15H19BrN2O3/c1-18(9-10-5-7-11(16)8-6-10)15(21)17-13-4-2-3-12(13)14(19)20/h5-8,12-13H,2-4,9H2,1H3,(H,17,21)(H,19,20). The Balaban J connectivity index is 1.90. The van der Waals surface area contributed by atoms with E-state index in [-0.39, 0.29) is 12.1 Å². The van der Waals surface area contributed by atoms with Crippen LogP contribution in [0.1, 0.15) is 24.8 Å². The first-order chi connectivity index (χ1) is 9.97. The number of urea groups is 1. The van der Waals surface area contributed by atoms with Gasteiger partial charge in [0.25, 0.3) is 0 Å². The van der Waals surface area contributed by atoms with Crippen LogP contribution in [0.5, 0.6) is 0 Å². The lowest BCUT2D eigenvalue weighted by molar-refractivity contribution is -0.142. The van der Waals surface area contributed by atoms with Crippen molar-refractivity contribution < 1.29 is 14.7 Å². The fraction of sp³-hybridized carbons (Fsp3) is 0.467. The molecular weight excluding hydrogens is 336 g/mol. The molecular formula is C15H19BrN2O3. The number of carbonyl (C=O) groups excluding carboxylic acids is 1. The predicted molar refractivity (Wildman–Crippen MR) is 82.9 cm³/mol. The van der Waals surface area contributed by atoms with Crippen LogP contribution in [0.15, 0.2) is 28.7 Å². The summed E-state index contributed by atoms with van der Waals surface area (Å²) in [6.07, 6.45) is 2.21. The molecule has 0 saturated heterocycles. The zero-order valence-electron chi connectivity index (χ0n) is 11.9. The molecule has 1 aromatic carbocycles. The number of benzene rings is 1. The minimum Gasteiger partial charge on any atom is -0.481 e. The van der Waals surface area contributed by atoms with E-state index < -0.39 is 11.9 Å². The maximum atomic E-state index is 12.2. The van der Waals surface area contributed by atoms with Crippen LogP contribution in [-0.2, 0) is 11.3 Å². The average Bonchev–Trinajstić information content (AvgIpc) is 2.89. The summed E-state index contributed by atoms with van der Waals surface area (Å²) in [5.41, 5.74) is 1.03. The van der Waals surface area contributed by atoms with Crippen molar-refractivity contribution in [3.8, 4) is 0 Å². The van der Waals surface area contributed by atoms with E-state index in [1.165, 1.54) is 0 Å². The first-order valence-electron chi connectivity index (χ1n) is 6.96. The Labute approximate surface area is 132 Å². The van der Waals surface area contributed by atoms with Crippen LogP contribution in [0.3, 0.4) is 0 Å². The highest BCUT2D eigenvalue weighted by Gasteiger charge is 2.34. The molecule has 2 amide bonds. The molecule has 5 nitrogen and oxygen atoms in total. The van der Waals surface area contributed by atoms with E-state index in [1.54, 1.807) is 11.9 Å². The lowest BCUT2D eigenvalue weighted by atomic mass is 10.0. The third-order valence-electron chi connectivity index (χ3n) is 3.82. The van der Waals surface area contributed by atoms with Gasteiger partial charge in [0, 0.05) is 24.1 Å². The number of rotatable bonds is 4. The Bertz CT molecular complexity index is 518. The SMILES string of the molecule is CN(Cc1ccc(Br)cc1)C(=O)NC1CCCC1C(=O)O. The van der Waals surface area contributed by atoms with Gasteiger partial charge in [-0.05, 0) is 30.5 Å². The van der Waals surface area contributed by atoms with Crippen LogP contribution < -0.4 is 5.32 Å². The van der Waals surface area contributed by atoms with E-state index in [2.05, 4.69) is 21.2 Å². The van der Waals surface area contributed by atoms with Crippen LogP contribution in [0.25, 0.3) is 0 Å². The molecule has 0 bridgehead atoms. The summed E-state index contributed by atoms with van der Waals surface area (Å²) in [4.78, 5) is 24.8. The number of nitrogens with zero attached hydrogens (tertiary/aromatic N) is 1. The number of nitrogens with one attached hydrogen (secondary N) is 1. The van der Waals surface area contributed by atoms with Gasteiger partial charge in [-0.15, -0.1) is 0 Å². The van der Waals surface area contributed by atoms with Crippen LogP contribution >= 0.6 is 15.9 Å². The quantitative estimate of drug-likeness (QED) is 0.873. The maximum Gasteiger partial charge on any atom is 0.317 e. The minimum atomic E-state index is -0.826. The molecule has 1 aliphatic rings. The number of carboxylic acid groups (broad SMARTS) is 1. The van der Waals surface area contributed by atoms with E-state index in [0.717, 1.165) is 22.9 Å². The van der Waals surface area contributed by atoms with Crippen molar-refractivity contribution in [1.82, 2.24) is 10.2 Å². The first kappa shape index (κ1) is 15.8. The van der Waals surface area contributed by atoms with Gasteiger partial charge in [0.2, 0.25) is 0 Å². The normalized spacial score (nSPS) is 21.0. The fourth-order valence-electron chi connectivity index (χ4n) is 2.63. The highest BCUT2D eigenvalue weighted by Crippen LogP contribution is 2.26. The lowest BCUT2D eigenvalue weighted by Crippen LogP contribution is -2.45. The summed E-state index contributed by atoms with van der Waals surface area (Å²) in [7, 11) is 1.71.